The van der Waals surface area contributed by atoms with Crippen molar-refractivity contribution in [3.63, 3.8) is 0 Å². The molecule has 2 rings (SSSR count). The standard InChI is InChI=1S/C10H15N3S/c11-8-9-1-2-12-10(7-9)13-3-5-14-6-4-13/h1-2,7H,3-6,8,11H2. The Balaban J connectivity index is 2.13. The van der Waals surface area contributed by atoms with Gasteiger partial charge in [-0.3, -0.25) is 0 Å². The number of pyridine rings is 1. The fourth-order valence-corrected chi connectivity index (χ4v) is 2.46. The lowest BCUT2D eigenvalue weighted by atomic mass is 10.2. The number of rotatable bonds is 2. The molecule has 3 nitrogen and oxygen atoms in total. The van der Waals surface area contributed by atoms with Crippen molar-refractivity contribution in [2.75, 3.05) is 29.5 Å². The Hall–Kier alpha value is -0.740. The van der Waals surface area contributed by atoms with Gasteiger partial charge in [0.2, 0.25) is 0 Å². The zero-order valence-electron chi connectivity index (χ0n) is 8.15. The van der Waals surface area contributed by atoms with E-state index in [4.69, 9.17) is 5.73 Å². The van der Waals surface area contributed by atoms with E-state index in [1.165, 1.54) is 11.5 Å². The van der Waals surface area contributed by atoms with Crippen LogP contribution in [-0.4, -0.2) is 29.6 Å². The molecule has 2 heterocycles. The maximum atomic E-state index is 5.60. The van der Waals surface area contributed by atoms with Gasteiger partial charge in [0.05, 0.1) is 0 Å². The van der Waals surface area contributed by atoms with Gasteiger partial charge in [-0.1, -0.05) is 0 Å². The molecule has 14 heavy (non-hydrogen) atoms. The second-order valence-electron chi connectivity index (χ2n) is 3.33. The molecule has 76 valence electrons. The van der Waals surface area contributed by atoms with E-state index in [1.54, 1.807) is 0 Å². The van der Waals surface area contributed by atoms with Gasteiger partial charge in [0.15, 0.2) is 0 Å². The van der Waals surface area contributed by atoms with Crippen LogP contribution in [0.4, 0.5) is 5.82 Å². The third-order valence-electron chi connectivity index (χ3n) is 2.38. The molecule has 1 aromatic heterocycles. The number of aromatic nitrogens is 1. The highest BCUT2D eigenvalue weighted by Gasteiger charge is 2.11. The van der Waals surface area contributed by atoms with Crippen molar-refractivity contribution in [3.05, 3.63) is 23.9 Å². The van der Waals surface area contributed by atoms with Crippen LogP contribution in [0.2, 0.25) is 0 Å². The van der Waals surface area contributed by atoms with Gasteiger partial charge in [-0.15, -0.1) is 0 Å². The van der Waals surface area contributed by atoms with E-state index in [9.17, 15) is 0 Å². The molecular formula is C10H15N3S. The van der Waals surface area contributed by atoms with Crippen LogP contribution >= 0.6 is 11.8 Å². The number of hydrogen-bond acceptors (Lipinski definition) is 4. The van der Waals surface area contributed by atoms with Gasteiger partial charge < -0.3 is 10.6 Å². The van der Waals surface area contributed by atoms with Gasteiger partial charge in [0.1, 0.15) is 5.82 Å². The Kier molecular flexibility index (Phi) is 3.26. The van der Waals surface area contributed by atoms with Crippen molar-refractivity contribution in [1.29, 1.82) is 0 Å². The fourth-order valence-electron chi connectivity index (χ4n) is 1.55. The molecule has 2 N–H and O–H groups in total. The minimum atomic E-state index is 0.595. The Bertz CT molecular complexity index is 297. The van der Waals surface area contributed by atoms with E-state index in [0.717, 1.165) is 24.5 Å². The Morgan fingerprint density at radius 3 is 2.93 bits per heavy atom. The van der Waals surface area contributed by atoms with E-state index in [2.05, 4.69) is 16.0 Å². The summed E-state index contributed by atoms with van der Waals surface area (Å²) in [5.41, 5.74) is 6.76. The number of thioether (sulfide) groups is 1. The first-order valence-corrected chi connectivity index (χ1v) is 6.03. The molecule has 0 unspecified atom stereocenters. The second kappa shape index (κ2) is 4.66. The maximum Gasteiger partial charge on any atom is 0.128 e. The molecule has 0 amide bonds. The lowest BCUT2D eigenvalue weighted by Gasteiger charge is -2.27. The van der Waals surface area contributed by atoms with Crippen LogP contribution in [0.1, 0.15) is 5.56 Å². The van der Waals surface area contributed by atoms with Gasteiger partial charge in [0, 0.05) is 37.3 Å². The summed E-state index contributed by atoms with van der Waals surface area (Å²) < 4.78 is 0. The average molecular weight is 209 g/mol. The molecule has 0 radical (unpaired) electrons. The predicted octanol–water partition coefficient (Wildman–Crippen LogP) is 1.09. The molecule has 0 bridgehead atoms. The van der Waals surface area contributed by atoms with E-state index < -0.39 is 0 Å². The largest absolute Gasteiger partial charge is 0.355 e. The minimum absolute atomic E-state index is 0.595. The van der Waals surface area contributed by atoms with Crippen molar-refractivity contribution >= 4 is 17.6 Å². The topological polar surface area (TPSA) is 42.1 Å². The molecule has 0 aliphatic carbocycles. The second-order valence-corrected chi connectivity index (χ2v) is 4.55. The van der Waals surface area contributed by atoms with Gasteiger partial charge in [-0.05, 0) is 17.7 Å². The van der Waals surface area contributed by atoms with Gasteiger partial charge in [-0.2, -0.15) is 11.8 Å². The highest BCUT2D eigenvalue weighted by Crippen LogP contribution is 2.17. The first-order valence-electron chi connectivity index (χ1n) is 4.88. The van der Waals surface area contributed by atoms with Crippen molar-refractivity contribution in [2.45, 2.75) is 6.54 Å². The zero-order valence-corrected chi connectivity index (χ0v) is 8.96. The summed E-state index contributed by atoms with van der Waals surface area (Å²) >= 11 is 2.01. The normalized spacial score (nSPS) is 17.1. The zero-order chi connectivity index (χ0) is 9.80. The summed E-state index contributed by atoms with van der Waals surface area (Å²) in [6, 6.07) is 4.07. The molecule has 0 atom stereocenters. The molecule has 1 aliphatic heterocycles. The monoisotopic (exact) mass is 209 g/mol. The Morgan fingerprint density at radius 1 is 1.43 bits per heavy atom. The number of nitrogens with two attached hydrogens (primary N) is 1. The van der Waals surface area contributed by atoms with Crippen molar-refractivity contribution in [2.24, 2.45) is 5.73 Å². The van der Waals surface area contributed by atoms with Gasteiger partial charge in [-0.25, -0.2) is 4.98 Å². The van der Waals surface area contributed by atoms with Crippen LogP contribution in [0.5, 0.6) is 0 Å². The van der Waals surface area contributed by atoms with Gasteiger partial charge >= 0.3 is 0 Å². The van der Waals surface area contributed by atoms with E-state index in [-0.39, 0.29) is 0 Å². The lowest BCUT2D eigenvalue weighted by Crippen LogP contribution is -2.33. The molecule has 1 aliphatic rings. The number of nitrogens with zero attached hydrogens (tertiary/aromatic N) is 2. The fraction of sp³-hybridized carbons (Fsp3) is 0.500. The lowest BCUT2D eigenvalue weighted by molar-refractivity contribution is 0.836. The third-order valence-corrected chi connectivity index (χ3v) is 3.32. The number of hydrogen-bond donors (Lipinski definition) is 1. The SMILES string of the molecule is NCc1ccnc(N2CCSCC2)c1. The summed E-state index contributed by atoms with van der Waals surface area (Å²) in [7, 11) is 0. The maximum absolute atomic E-state index is 5.60. The predicted molar refractivity (Wildman–Crippen MR) is 61.7 cm³/mol. The molecule has 1 aromatic rings. The van der Waals surface area contributed by atoms with Crippen molar-refractivity contribution in [3.8, 4) is 0 Å². The first kappa shape index (κ1) is 9.80. The molecule has 4 heteroatoms. The third kappa shape index (κ3) is 2.19. The molecule has 0 saturated carbocycles. The van der Waals surface area contributed by atoms with Gasteiger partial charge in [0.25, 0.3) is 0 Å². The van der Waals surface area contributed by atoms with Crippen LogP contribution in [0.15, 0.2) is 18.3 Å². The van der Waals surface area contributed by atoms with E-state index in [0.29, 0.717) is 6.54 Å². The molecule has 0 aromatic carbocycles. The van der Waals surface area contributed by atoms with Crippen molar-refractivity contribution in [1.82, 2.24) is 4.98 Å². The quantitative estimate of drug-likeness (QED) is 0.792. The van der Waals surface area contributed by atoms with Crippen LogP contribution in [-0.2, 0) is 6.54 Å². The summed E-state index contributed by atoms with van der Waals surface area (Å²) in [5.74, 6) is 3.48. The smallest absolute Gasteiger partial charge is 0.128 e. The van der Waals surface area contributed by atoms with Crippen LogP contribution in [0.3, 0.4) is 0 Å². The molecule has 1 saturated heterocycles. The summed E-state index contributed by atoms with van der Waals surface area (Å²) in [6.45, 7) is 2.80. The molecule has 1 fully saturated rings. The first-order chi connectivity index (χ1) is 6.90. The Morgan fingerprint density at radius 2 is 2.21 bits per heavy atom. The highest BCUT2D eigenvalue weighted by molar-refractivity contribution is 7.99. The summed E-state index contributed by atoms with van der Waals surface area (Å²) in [4.78, 5) is 6.70. The van der Waals surface area contributed by atoms with Crippen LogP contribution in [0, 0.1) is 0 Å². The molecular weight excluding hydrogens is 194 g/mol. The van der Waals surface area contributed by atoms with Crippen molar-refractivity contribution < 1.29 is 0 Å². The van der Waals surface area contributed by atoms with Crippen LogP contribution < -0.4 is 10.6 Å². The molecule has 0 spiro atoms. The van der Waals surface area contributed by atoms with E-state index >= 15 is 0 Å². The minimum Gasteiger partial charge on any atom is -0.355 e. The van der Waals surface area contributed by atoms with Crippen LogP contribution in [0.25, 0.3) is 0 Å². The van der Waals surface area contributed by atoms with E-state index in [1.807, 2.05) is 24.0 Å². The summed E-state index contributed by atoms with van der Waals surface area (Å²) in [6.07, 6.45) is 1.85. The summed E-state index contributed by atoms with van der Waals surface area (Å²) in [5, 5.41) is 0. The Labute approximate surface area is 88.7 Å². The average Bonchev–Trinajstić information content (AvgIpc) is 2.30. The highest BCUT2D eigenvalue weighted by atomic mass is 32.2. The number of anilines is 1.